The standard InChI is InChI=1S/C12H18F2O4/c1-4-6-17-10(5-2)11(12(13)14)18-9-16-8-7-15-3/h4-5,10H,1-2,6-9H2,3H3. The lowest BCUT2D eigenvalue weighted by atomic mass is 10.3. The van der Waals surface area contributed by atoms with E-state index in [0.29, 0.717) is 6.61 Å². The normalized spacial score (nSPS) is 11.7. The van der Waals surface area contributed by atoms with E-state index in [1.165, 1.54) is 19.3 Å². The fourth-order valence-electron chi connectivity index (χ4n) is 0.973. The second-order valence-electron chi connectivity index (χ2n) is 3.07. The molecule has 0 aromatic heterocycles. The van der Waals surface area contributed by atoms with Crippen molar-refractivity contribution in [1.82, 2.24) is 0 Å². The van der Waals surface area contributed by atoms with Gasteiger partial charge in [-0.3, -0.25) is 0 Å². The van der Waals surface area contributed by atoms with Gasteiger partial charge in [0, 0.05) is 7.11 Å². The fourth-order valence-corrected chi connectivity index (χ4v) is 0.973. The van der Waals surface area contributed by atoms with Crippen molar-refractivity contribution in [3.63, 3.8) is 0 Å². The average molecular weight is 264 g/mol. The molecular formula is C12H18F2O4. The van der Waals surface area contributed by atoms with Gasteiger partial charge < -0.3 is 18.9 Å². The van der Waals surface area contributed by atoms with Gasteiger partial charge in [0.15, 0.2) is 12.6 Å². The third kappa shape index (κ3) is 7.16. The highest BCUT2D eigenvalue weighted by atomic mass is 19.3. The summed E-state index contributed by atoms with van der Waals surface area (Å²) < 4.78 is 44.9. The molecule has 4 nitrogen and oxygen atoms in total. The lowest BCUT2D eigenvalue weighted by Gasteiger charge is -2.16. The lowest BCUT2D eigenvalue weighted by molar-refractivity contribution is -0.0605. The first-order chi connectivity index (χ1) is 8.67. The molecular weight excluding hydrogens is 246 g/mol. The van der Waals surface area contributed by atoms with Gasteiger partial charge in [0.05, 0.1) is 19.8 Å². The second-order valence-corrected chi connectivity index (χ2v) is 3.07. The minimum Gasteiger partial charge on any atom is -0.463 e. The van der Waals surface area contributed by atoms with Crippen molar-refractivity contribution in [2.24, 2.45) is 0 Å². The highest BCUT2D eigenvalue weighted by molar-refractivity contribution is 5.08. The number of hydrogen-bond donors (Lipinski definition) is 0. The smallest absolute Gasteiger partial charge is 0.310 e. The van der Waals surface area contributed by atoms with E-state index in [2.05, 4.69) is 13.2 Å². The van der Waals surface area contributed by atoms with Gasteiger partial charge >= 0.3 is 6.08 Å². The predicted molar refractivity (Wildman–Crippen MR) is 63.2 cm³/mol. The maximum Gasteiger partial charge on any atom is 0.310 e. The summed E-state index contributed by atoms with van der Waals surface area (Å²) in [6, 6.07) is 0. The minimum absolute atomic E-state index is 0.112. The first-order valence-electron chi connectivity index (χ1n) is 5.27. The Labute approximate surface area is 105 Å². The van der Waals surface area contributed by atoms with Crippen molar-refractivity contribution in [1.29, 1.82) is 0 Å². The predicted octanol–water partition coefficient (Wildman–Crippen LogP) is 2.49. The average Bonchev–Trinajstić information content (AvgIpc) is 2.36. The summed E-state index contributed by atoms with van der Waals surface area (Å²) in [7, 11) is 1.51. The Morgan fingerprint density at radius 2 is 2.00 bits per heavy atom. The van der Waals surface area contributed by atoms with Crippen molar-refractivity contribution in [3.05, 3.63) is 37.1 Å². The summed E-state index contributed by atoms with van der Waals surface area (Å²) in [5.74, 6) is -0.607. The van der Waals surface area contributed by atoms with Crippen LogP contribution in [0.15, 0.2) is 37.1 Å². The Morgan fingerprint density at radius 3 is 2.50 bits per heavy atom. The third-order valence-electron chi connectivity index (χ3n) is 1.78. The van der Waals surface area contributed by atoms with Crippen LogP contribution < -0.4 is 0 Å². The van der Waals surface area contributed by atoms with E-state index in [1.54, 1.807) is 0 Å². The summed E-state index contributed by atoms with van der Waals surface area (Å²) >= 11 is 0. The second kappa shape index (κ2) is 10.9. The molecule has 0 aliphatic carbocycles. The van der Waals surface area contributed by atoms with Crippen molar-refractivity contribution >= 4 is 0 Å². The van der Waals surface area contributed by atoms with Crippen molar-refractivity contribution in [2.45, 2.75) is 6.10 Å². The molecule has 0 fully saturated rings. The zero-order valence-corrected chi connectivity index (χ0v) is 10.4. The Bertz CT molecular complexity index is 275. The summed E-state index contributed by atoms with van der Waals surface area (Å²) in [5.41, 5.74) is 0. The van der Waals surface area contributed by atoms with Gasteiger partial charge in [-0.15, -0.1) is 13.2 Å². The molecule has 18 heavy (non-hydrogen) atoms. The minimum atomic E-state index is -1.97. The van der Waals surface area contributed by atoms with Gasteiger partial charge in [-0.2, -0.15) is 8.78 Å². The Kier molecular flexibility index (Phi) is 10.1. The van der Waals surface area contributed by atoms with Gasteiger partial charge in [0.2, 0.25) is 0 Å². The van der Waals surface area contributed by atoms with Gasteiger partial charge in [-0.05, 0) is 0 Å². The molecule has 1 unspecified atom stereocenters. The zero-order chi connectivity index (χ0) is 13.8. The molecule has 0 heterocycles. The molecule has 104 valence electrons. The largest absolute Gasteiger partial charge is 0.463 e. The van der Waals surface area contributed by atoms with Crippen molar-refractivity contribution in [2.75, 3.05) is 33.7 Å². The molecule has 6 heteroatoms. The van der Waals surface area contributed by atoms with Gasteiger partial charge in [-0.1, -0.05) is 12.2 Å². The van der Waals surface area contributed by atoms with E-state index >= 15 is 0 Å². The first kappa shape index (κ1) is 16.8. The zero-order valence-electron chi connectivity index (χ0n) is 10.4. The summed E-state index contributed by atoms with van der Waals surface area (Å²) in [5, 5.41) is 0. The van der Waals surface area contributed by atoms with Crippen LogP contribution in [0.25, 0.3) is 0 Å². The molecule has 0 aliphatic rings. The van der Waals surface area contributed by atoms with E-state index in [-0.39, 0.29) is 20.0 Å². The highest BCUT2D eigenvalue weighted by Crippen LogP contribution is 2.17. The lowest BCUT2D eigenvalue weighted by Crippen LogP contribution is -2.18. The third-order valence-corrected chi connectivity index (χ3v) is 1.78. The number of hydrogen-bond acceptors (Lipinski definition) is 4. The molecule has 0 amide bonds. The van der Waals surface area contributed by atoms with Crippen LogP contribution in [0.3, 0.4) is 0 Å². The molecule has 0 spiro atoms. The van der Waals surface area contributed by atoms with Crippen LogP contribution in [0, 0.1) is 0 Å². The molecule has 0 N–H and O–H groups in total. The summed E-state index contributed by atoms with van der Waals surface area (Å²) in [4.78, 5) is 0. The van der Waals surface area contributed by atoms with Crippen molar-refractivity contribution < 1.29 is 27.7 Å². The first-order valence-corrected chi connectivity index (χ1v) is 5.27. The van der Waals surface area contributed by atoms with E-state index in [1.807, 2.05) is 0 Å². The Hall–Kier alpha value is -1.24. The summed E-state index contributed by atoms with van der Waals surface area (Å²) in [6.07, 6.45) is -0.342. The molecule has 0 bridgehead atoms. The number of rotatable bonds is 11. The molecule has 0 aromatic carbocycles. The van der Waals surface area contributed by atoms with E-state index in [4.69, 9.17) is 18.9 Å². The summed E-state index contributed by atoms with van der Waals surface area (Å²) in [6.45, 7) is 7.25. The van der Waals surface area contributed by atoms with Gasteiger partial charge in [-0.25, -0.2) is 0 Å². The molecule has 0 aliphatic heterocycles. The molecule has 1 atom stereocenters. The van der Waals surface area contributed by atoms with E-state index < -0.39 is 17.9 Å². The number of ether oxygens (including phenoxy) is 4. The molecule has 0 saturated carbocycles. The quantitative estimate of drug-likeness (QED) is 0.249. The topological polar surface area (TPSA) is 36.9 Å². The van der Waals surface area contributed by atoms with Crippen LogP contribution in [0.4, 0.5) is 8.78 Å². The van der Waals surface area contributed by atoms with Crippen LogP contribution in [0.1, 0.15) is 0 Å². The Balaban J connectivity index is 4.24. The SMILES string of the molecule is C=CCOC(C=C)C(OCOCCOC)=C(F)F. The van der Waals surface area contributed by atoms with E-state index in [0.717, 1.165) is 0 Å². The van der Waals surface area contributed by atoms with Crippen molar-refractivity contribution in [3.8, 4) is 0 Å². The van der Waals surface area contributed by atoms with Crippen LogP contribution in [0.5, 0.6) is 0 Å². The van der Waals surface area contributed by atoms with Gasteiger partial charge in [0.1, 0.15) is 6.10 Å². The number of methoxy groups -OCH3 is 1. The van der Waals surface area contributed by atoms with Crippen LogP contribution >= 0.6 is 0 Å². The fraction of sp³-hybridized carbons (Fsp3) is 0.500. The number of halogens is 2. The van der Waals surface area contributed by atoms with Gasteiger partial charge in [0.25, 0.3) is 0 Å². The monoisotopic (exact) mass is 264 g/mol. The van der Waals surface area contributed by atoms with Crippen LogP contribution in [0.2, 0.25) is 0 Å². The van der Waals surface area contributed by atoms with Crippen LogP contribution in [-0.4, -0.2) is 39.8 Å². The Morgan fingerprint density at radius 1 is 1.28 bits per heavy atom. The highest BCUT2D eigenvalue weighted by Gasteiger charge is 2.19. The molecule has 0 radical (unpaired) electrons. The maximum absolute atomic E-state index is 12.7. The molecule has 0 aromatic rings. The van der Waals surface area contributed by atoms with Crippen LogP contribution in [-0.2, 0) is 18.9 Å². The maximum atomic E-state index is 12.7. The van der Waals surface area contributed by atoms with E-state index in [9.17, 15) is 8.78 Å². The molecule has 0 saturated heterocycles. The molecule has 0 rings (SSSR count).